The van der Waals surface area contributed by atoms with Crippen LogP contribution in [-0.2, 0) is 19.6 Å². The van der Waals surface area contributed by atoms with Crippen LogP contribution in [0.25, 0.3) is 0 Å². The molecule has 4 rings (SSSR count). The van der Waals surface area contributed by atoms with E-state index >= 15 is 0 Å². The van der Waals surface area contributed by atoms with Crippen molar-refractivity contribution in [3.8, 4) is 0 Å². The molecule has 2 aliphatic rings. The monoisotopic (exact) mass is 417 g/mol. The number of rotatable bonds is 4. The summed E-state index contributed by atoms with van der Waals surface area (Å²) in [7, 11) is -3.61. The molecule has 2 N–H and O–H groups in total. The molecule has 0 aromatic heterocycles. The molecule has 2 heterocycles. The van der Waals surface area contributed by atoms with E-state index < -0.39 is 27.7 Å². The van der Waals surface area contributed by atoms with Gasteiger partial charge < -0.3 is 10.6 Å². The number of sulfonamides is 1. The van der Waals surface area contributed by atoms with Crippen molar-refractivity contribution in [2.75, 3.05) is 23.7 Å². The third-order valence-corrected chi connectivity index (χ3v) is 7.07. The smallest absolute Gasteiger partial charge is 0.243 e. The Balaban J connectivity index is 1.57. The number of amides is 2. The summed E-state index contributed by atoms with van der Waals surface area (Å²) in [5.41, 5.74) is 1.11. The highest BCUT2D eigenvalue weighted by atomic mass is 32.2. The van der Waals surface area contributed by atoms with Crippen molar-refractivity contribution in [1.82, 2.24) is 4.31 Å². The van der Waals surface area contributed by atoms with Gasteiger partial charge in [-0.15, -0.1) is 0 Å². The van der Waals surface area contributed by atoms with Crippen LogP contribution >= 0.6 is 0 Å². The Morgan fingerprint density at radius 2 is 1.90 bits per heavy atom. The molecule has 7 nitrogen and oxygen atoms in total. The first-order chi connectivity index (χ1) is 13.8. The van der Waals surface area contributed by atoms with Gasteiger partial charge in [0.15, 0.2) is 0 Å². The summed E-state index contributed by atoms with van der Waals surface area (Å²) in [6.07, 6.45) is 1.59. The molecule has 1 atom stereocenters. The number of halogens is 1. The summed E-state index contributed by atoms with van der Waals surface area (Å²) in [4.78, 5) is 24.9. The molecule has 1 fully saturated rings. The van der Waals surface area contributed by atoms with Crippen LogP contribution in [0, 0.1) is 5.82 Å². The topological polar surface area (TPSA) is 95.6 Å². The highest BCUT2D eigenvalue weighted by Crippen LogP contribution is 2.34. The molecule has 2 aromatic rings. The molecule has 0 spiro atoms. The zero-order valence-corrected chi connectivity index (χ0v) is 16.3. The van der Waals surface area contributed by atoms with Gasteiger partial charge in [-0.25, -0.2) is 12.8 Å². The summed E-state index contributed by atoms with van der Waals surface area (Å²) < 4.78 is 40.4. The second-order valence-electron chi connectivity index (χ2n) is 7.16. The largest absolute Gasteiger partial charge is 0.326 e. The van der Waals surface area contributed by atoms with Gasteiger partial charge in [0.1, 0.15) is 5.82 Å². The van der Waals surface area contributed by atoms with Crippen LogP contribution in [0.5, 0.6) is 0 Å². The standard InChI is InChI=1S/C20H20FN3O4S/c21-13-6-7-16-17(12-19(25)23-18(16)10-13)20(26)22-14-4-3-5-15(11-14)29(27,28)24-8-1-2-9-24/h3-7,10-11,17H,1-2,8-9,12H2,(H,22,26)(H,23,25)/t17-/m0/s1. The third-order valence-electron chi connectivity index (χ3n) is 5.18. The van der Waals surface area contributed by atoms with E-state index in [2.05, 4.69) is 10.6 Å². The molecule has 0 saturated carbocycles. The van der Waals surface area contributed by atoms with Gasteiger partial charge in [0.05, 0.1) is 10.8 Å². The summed E-state index contributed by atoms with van der Waals surface area (Å²) >= 11 is 0. The molecule has 0 unspecified atom stereocenters. The van der Waals surface area contributed by atoms with Gasteiger partial charge in [0.2, 0.25) is 21.8 Å². The molecule has 0 aliphatic carbocycles. The summed E-state index contributed by atoms with van der Waals surface area (Å²) in [6.45, 7) is 0.979. The van der Waals surface area contributed by atoms with Gasteiger partial charge in [-0.2, -0.15) is 4.31 Å². The zero-order chi connectivity index (χ0) is 20.6. The van der Waals surface area contributed by atoms with Crippen molar-refractivity contribution in [2.45, 2.75) is 30.1 Å². The average Bonchev–Trinajstić information content (AvgIpc) is 3.23. The van der Waals surface area contributed by atoms with E-state index in [1.807, 2.05) is 0 Å². The summed E-state index contributed by atoms with van der Waals surface area (Å²) in [6, 6.07) is 9.96. The zero-order valence-electron chi connectivity index (χ0n) is 15.5. The van der Waals surface area contributed by atoms with Crippen LogP contribution in [0.2, 0.25) is 0 Å². The van der Waals surface area contributed by atoms with E-state index in [1.54, 1.807) is 12.1 Å². The Morgan fingerprint density at radius 1 is 1.14 bits per heavy atom. The highest BCUT2D eigenvalue weighted by molar-refractivity contribution is 7.89. The van der Waals surface area contributed by atoms with E-state index in [0.717, 1.165) is 12.8 Å². The number of hydrogen-bond donors (Lipinski definition) is 2. The molecule has 152 valence electrons. The van der Waals surface area contributed by atoms with Gasteiger partial charge in [0, 0.05) is 30.9 Å². The molecule has 29 heavy (non-hydrogen) atoms. The number of hydrogen-bond acceptors (Lipinski definition) is 4. The minimum atomic E-state index is -3.61. The maximum Gasteiger partial charge on any atom is 0.243 e. The molecule has 2 aromatic carbocycles. The van der Waals surface area contributed by atoms with Crippen LogP contribution in [0.3, 0.4) is 0 Å². The lowest BCUT2D eigenvalue weighted by molar-refractivity contribution is -0.123. The van der Waals surface area contributed by atoms with E-state index in [1.165, 1.54) is 34.6 Å². The van der Waals surface area contributed by atoms with E-state index in [9.17, 15) is 22.4 Å². The first-order valence-corrected chi connectivity index (χ1v) is 10.8. The predicted octanol–water partition coefficient (Wildman–Crippen LogP) is 2.67. The Bertz CT molecular complexity index is 1080. The number of nitrogens with one attached hydrogen (secondary N) is 2. The Kier molecular flexibility index (Phi) is 5.10. The van der Waals surface area contributed by atoms with Gasteiger partial charge in [-0.3, -0.25) is 9.59 Å². The lowest BCUT2D eigenvalue weighted by atomic mass is 9.89. The SMILES string of the molecule is O=C1C[C@H](C(=O)Nc2cccc(S(=O)(=O)N3CCCC3)c2)c2ccc(F)cc2N1. The predicted molar refractivity (Wildman–Crippen MR) is 105 cm³/mol. The van der Waals surface area contributed by atoms with Gasteiger partial charge in [-0.05, 0) is 48.7 Å². The number of fused-ring (bicyclic) bond motifs is 1. The molecular formula is C20H20FN3O4S. The molecule has 2 amide bonds. The molecule has 0 bridgehead atoms. The average molecular weight is 417 g/mol. The second kappa shape index (κ2) is 7.57. The summed E-state index contributed by atoms with van der Waals surface area (Å²) in [5, 5.41) is 5.26. The number of carbonyl (C=O) groups is 2. The quantitative estimate of drug-likeness (QED) is 0.800. The van der Waals surface area contributed by atoms with E-state index in [0.29, 0.717) is 24.3 Å². The number of anilines is 2. The molecule has 2 aliphatic heterocycles. The van der Waals surface area contributed by atoms with Crippen molar-refractivity contribution >= 4 is 33.2 Å². The normalized spacial score (nSPS) is 19.5. The summed E-state index contributed by atoms with van der Waals surface area (Å²) in [5.74, 6) is -2.14. The van der Waals surface area contributed by atoms with Gasteiger partial charge in [-0.1, -0.05) is 12.1 Å². The molecule has 9 heteroatoms. The van der Waals surface area contributed by atoms with Crippen LogP contribution in [0.15, 0.2) is 47.4 Å². The molecule has 1 saturated heterocycles. The van der Waals surface area contributed by atoms with Gasteiger partial charge in [0.25, 0.3) is 0 Å². The van der Waals surface area contributed by atoms with Crippen LogP contribution in [-0.4, -0.2) is 37.6 Å². The minimum absolute atomic E-state index is 0.0732. The Hall–Kier alpha value is -2.78. The van der Waals surface area contributed by atoms with Crippen molar-refractivity contribution in [3.05, 3.63) is 53.8 Å². The molecular weight excluding hydrogens is 397 g/mol. The fourth-order valence-electron chi connectivity index (χ4n) is 3.71. The van der Waals surface area contributed by atoms with Crippen molar-refractivity contribution in [1.29, 1.82) is 0 Å². The lowest BCUT2D eigenvalue weighted by Gasteiger charge is -2.25. The van der Waals surface area contributed by atoms with Gasteiger partial charge >= 0.3 is 0 Å². The van der Waals surface area contributed by atoms with Crippen molar-refractivity contribution < 1.29 is 22.4 Å². The first-order valence-electron chi connectivity index (χ1n) is 9.35. The van der Waals surface area contributed by atoms with E-state index in [4.69, 9.17) is 0 Å². The van der Waals surface area contributed by atoms with Crippen LogP contribution in [0.1, 0.15) is 30.7 Å². The highest BCUT2D eigenvalue weighted by Gasteiger charge is 2.31. The number of benzene rings is 2. The fourth-order valence-corrected chi connectivity index (χ4v) is 5.28. The van der Waals surface area contributed by atoms with Crippen LogP contribution < -0.4 is 10.6 Å². The van der Waals surface area contributed by atoms with Crippen molar-refractivity contribution in [3.63, 3.8) is 0 Å². The fraction of sp³-hybridized carbons (Fsp3) is 0.300. The van der Waals surface area contributed by atoms with Crippen LogP contribution in [0.4, 0.5) is 15.8 Å². The third kappa shape index (κ3) is 3.88. The second-order valence-corrected chi connectivity index (χ2v) is 9.10. The Labute approximate surface area is 168 Å². The number of nitrogens with zero attached hydrogens (tertiary/aromatic N) is 1. The number of carbonyl (C=O) groups excluding carboxylic acids is 2. The van der Waals surface area contributed by atoms with E-state index in [-0.39, 0.29) is 22.9 Å². The Morgan fingerprint density at radius 3 is 2.66 bits per heavy atom. The minimum Gasteiger partial charge on any atom is -0.326 e. The van der Waals surface area contributed by atoms with Crippen molar-refractivity contribution in [2.24, 2.45) is 0 Å². The maximum atomic E-state index is 13.5. The lowest BCUT2D eigenvalue weighted by Crippen LogP contribution is -2.31. The maximum absolute atomic E-state index is 13.5. The first kappa shape index (κ1) is 19.5. The molecule has 0 radical (unpaired) electrons.